The highest BCUT2D eigenvalue weighted by molar-refractivity contribution is 8.14. The van der Waals surface area contributed by atoms with E-state index < -0.39 is 5.25 Å². The first kappa shape index (κ1) is 19.1. The first-order valence-electron chi connectivity index (χ1n) is 8.17. The van der Waals surface area contributed by atoms with E-state index >= 15 is 0 Å². The van der Waals surface area contributed by atoms with Crippen molar-refractivity contribution in [3.8, 4) is 0 Å². The molecule has 0 saturated carbocycles. The third-order valence-electron chi connectivity index (χ3n) is 3.96. The Morgan fingerprint density at radius 1 is 1.22 bits per heavy atom. The summed E-state index contributed by atoms with van der Waals surface area (Å²) >= 11 is 6.87. The molecular formula is C19H17ClN4O2S. The van der Waals surface area contributed by atoms with Gasteiger partial charge in [-0.05, 0) is 36.2 Å². The van der Waals surface area contributed by atoms with Crippen molar-refractivity contribution in [2.45, 2.75) is 18.6 Å². The summed E-state index contributed by atoms with van der Waals surface area (Å²) in [6, 6.07) is 14.4. The van der Waals surface area contributed by atoms with Gasteiger partial charge < -0.3 is 5.73 Å². The zero-order chi connectivity index (χ0) is 19.4. The van der Waals surface area contributed by atoms with Crippen LogP contribution in [0.1, 0.15) is 17.5 Å². The van der Waals surface area contributed by atoms with Crippen molar-refractivity contribution in [1.29, 1.82) is 0 Å². The molecule has 1 fully saturated rings. The van der Waals surface area contributed by atoms with Crippen LogP contribution < -0.4 is 10.6 Å². The topological polar surface area (TPSA) is 88.1 Å². The summed E-state index contributed by atoms with van der Waals surface area (Å²) in [5, 5.41) is 7.96. The Bertz CT molecular complexity index is 928. The van der Waals surface area contributed by atoms with Gasteiger partial charge in [0.15, 0.2) is 5.17 Å². The maximum atomic E-state index is 12.7. The Hall–Kier alpha value is -2.64. The Morgan fingerprint density at radius 2 is 1.93 bits per heavy atom. The Morgan fingerprint density at radius 3 is 2.63 bits per heavy atom. The molecule has 1 aliphatic rings. The second-order valence-electron chi connectivity index (χ2n) is 5.90. The summed E-state index contributed by atoms with van der Waals surface area (Å²) in [4.78, 5) is 26.2. The van der Waals surface area contributed by atoms with Crippen LogP contribution in [0.15, 0.2) is 58.7 Å². The lowest BCUT2D eigenvalue weighted by molar-refractivity contribution is -0.121. The minimum Gasteiger partial charge on any atom is -0.377 e. The van der Waals surface area contributed by atoms with Gasteiger partial charge in [0.2, 0.25) is 11.8 Å². The van der Waals surface area contributed by atoms with Crippen molar-refractivity contribution in [1.82, 2.24) is 0 Å². The summed E-state index contributed by atoms with van der Waals surface area (Å²) in [5.74, 6) is -0.539. The highest BCUT2D eigenvalue weighted by atomic mass is 35.5. The maximum Gasteiger partial charge on any atom is 0.247 e. The fourth-order valence-electron chi connectivity index (χ4n) is 2.63. The van der Waals surface area contributed by atoms with Gasteiger partial charge in [0.25, 0.3) is 0 Å². The quantitative estimate of drug-likeness (QED) is 0.369. The number of anilines is 1. The summed E-state index contributed by atoms with van der Waals surface area (Å²) in [7, 11) is 0. The minimum atomic E-state index is -0.605. The number of rotatable bonds is 4. The van der Waals surface area contributed by atoms with E-state index in [1.54, 1.807) is 36.4 Å². The van der Waals surface area contributed by atoms with Crippen molar-refractivity contribution < 1.29 is 9.59 Å². The molecule has 8 heteroatoms. The molecule has 1 saturated heterocycles. The van der Waals surface area contributed by atoms with Gasteiger partial charge in [-0.3, -0.25) is 9.59 Å². The number of imide groups is 1. The SMILES string of the molecule is Cc1ccccc1N1C(=O)CC(SC(N)=NN=Cc2ccc(Cl)cc2)C1=O. The number of halogens is 1. The normalized spacial score (nSPS) is 17.9. The number of amides is 2. The van der Waals surface area contributed by atoms with Crippen LogP contribution in [0.2, 0.25) is 5.02 Å². The molecule has 1 unspecified atom stereocenters. The van der Waals surface area contributed by atoms with Crippen molar-refractivity contribution in [3.63, 3.8) is 0 Å². The lowest BCUT2D eigenvalue weighted by atomic mass is 10.2. The van der Waals surface area contributed by atoms with E-state index in [0.29, 0.717) is 10.7 Å². The number of thioether (sulfide) groups is 1. The Balaban J connectivity index is 1.67. The monoisotopic (exact) mass is 400 g/mol. The van der Waals surface area contributed by atoms with E-state index in [2.05, 4.69) is 10.2 Å². The summed E-state index contributed by atoms with van der Waals surface area (Å²) in [6.45, 7) is 1.86. The van der Waals surface area contributed by atoms with Crippen molar-refractivity contribution in [2.75, 3.05) is 4.90 Å². The molecule has 2 aromatic carbocycles. The third-order valence-corrected chi connectivity index (χ3v) is 5.19. The summed E-state index contributed by atoms with van der Waals surface area (Å²) < 4.78 is 0. The van der Waals surface area contributed by atoms with E-state index in [0.717, 1.165) is 22.9 Å². The molecule has 1 heterocycles. The number of carbonyl (C=O) groups is 2. The fourth-order valence-corrected chi connectivity index (χ4v) is 3.58. The number of carbonyl (C=O) groups excluding carboxylic acids is 2. The molecule has 3 rings (SSSR count). The average molecular weight is 401 g/mol. The highest BCUT2D eigenvalue weighted by Gasteiger charge is 2.41. The molecule has 2 aromatic rings. The van der Waals surface area contributed by atoms with E-state index in [4.69, 9.17) is 17.3 Å². The van der Waals surface area contributed by atoms with E-state index in [1.165, 1.54) is 11.1 Å². The molecule has 0 spiro atoms. The standard InChI is InChI=1S/C19H17ClN4O2S/c1-12-4-2-3-5-15(12)24-17(25)10-16(18(24)26)27-19(21)23-22-11-13-6-8-14(20)9-7-13/h2-9,11,16H,10H2,1H3,(H2,21,23). The summed E-state index contributed by atoms with van der Waals surface area (Å²) in [6.07, 6.45) is 1.61. The lowest BCUT2D eigenvalue weighted by Gasteiger charge is -2.16. The number of nitrogens with zero attached hydrogens (tertiary/aromatic N) is 3. The van der Waals surface area contributed by atoms with Crippen LogP contribution in [-0.4, -0.2) is 28.4 Å². The molecule has 0 bridgehead atoms. The van der Waals surface area contributed by atoms with Crippen LogP contribution in [-0.2, 0) is 9.59 Å². The van der Waals surface area contributed by atoms with E-state index in [1.807, 2.05) is 19.1 Å². The molecule has 2 N–H and O–H groups in total. The second kappa shape index (κ2) is 8.37. The zero-order valence-corrected chi connectivity index (χ0v) is 16.1. The lowest BCUT2D eigenvalue weighted by Crippen LogP contribution is -2.32. The van der Waals surface area contributed by atoms with Gasteiger partial charge in [-0.15, -0.1) is 5.10 Å². The van der Waals surface area contributed by atoms with Crippen molar-refractivity contribution in [3.05, 3.63) is 64.7 Å². The van der Waals surface area contributed by atoms with Gasteiger partial charge in [-0.25, -0.2) is 4.90 Å². The maximum absolute atomic E-state index is 12.7. The molecule has 0 aromatic heterocycles. The third kappa shape index (κ3) is 4.56. The van der Waals surface area contributed by atoms with Crippen LogP contribution in [0.4, 0.5) is 5.69 Å². The molecule has 6 nitrogen and oxygen atoms in total. The van der Waals surface area contributed by atoms with Gasteiger partial charge >= 0.3 is 0 Å². The zero-order valence-electron chi connectivity index (χ0n) is 14.5. The number of aryl methyl sites for hydroxylation is 1. The molecule has 27 heavy (non-hydrogen) atoms. The molecule has 0 aliphatic carbocycles. The van der Waals surface area contributed by atoms with Gasteiger partial charge in [0.1, 0.15) is 5.25 Å². The first-order valence-corrected chi connectivity index (χ1v) is 9.42. The van der Waals surface area contributed by atoms with Gasteiger partial charge in [-0.1, -0.05) is 53.7 Å². The van der Waals surface area contributed by atoms with Crippen LogP contribution >= 0.6 is 23.4 Å². The minimum absolute atomic E-state index is 0.0783. The Labute approximate surface area is 166 Å². The predicted molar refractivity (Wildman–Crippen MR) is 110 cm³/mol. The van der Waals surface area contributed by atoms with Crippen molar-refractivity contribution in [2.24, 2.45) is 15.9 Å². The Kier molecular flexibility index (Phi) is 5.93. The predicted octanol–water partition coefficient (Wildman–Crippen LogP) is 3.36. The van der Waals surface area contributed by atoms with Crippen LogP contribution in [0, 0.1) is 6.92 Å². The fraction of sp³-hybridized carbons (Fsp3) is 0.158. The second-order valence-corrected chi connectivity index (χ2v) is 7.56. The number of hydrogen-bond acceptors (Lipinski definition) is 5. The highest BCUT2D eigenvalue weighted by Crippen LogP contribution is 2.31. The van der Waals surface area contributed by atoms with Gasteiger partial charge in [-0.2, -0.15) is 5.10 Å². The van der Waals surface area contributed by atoms with Gasteiger partial charge in [0, 0.05) is 11.4 Å². The number of nitrogens with two attached hydrogens (primary N) is 1. The van der Waals surface area contributed by atoms with Crippen LogP contribution in [0.25, 0.3) is 0 Å². The largest absolute Gasteiger partial charge is 0.377 e. The molecule has 1 atom stereocenters. The number of amidine groups is 1. The van der Waals surface area contributed by atoms with Crippen molar-refractivity contribution >= 4 is 52.2 Å². The van der Waals surface area contributed by atoms with Gasteiger partial charge in [0.05, 0.1) is 11.9 Å². The molecule has 2 amide bonds. The van der Waals surface area contributed by atoms with Crippen LogP contribution in [0.5, 0.6) is 0 Å². The molecule has 0 radical (unpaired) electrons. The van der Waals surface area contributed by atoms with E-state index in [-0.39, 0.29) is 23.4 Å². The average Bonchev–Trinajstić information content (AvgIpc) is 2.91. The number of hydrogen-bond donors (Lipinski definition) is 1. The molecule has 1 aliphatic heterocycles. The van der Waals surface area contributed by atoms with Crippen LogP contribution in [0.3, 0.4) is 0 Å². The molecular weight excluding hydrogens is 384 g/mol. The smallest absolute Gasteiger partial charge is 0.247 e. The summed E-state index contributed by atoms with van der Waals surface area (Å²) in [5.41, 5.74) is 8.14. The number of para-hydroxylation sites is 1. The first-order chi connectivity index (χ1) is 13.0. The number of benzene rings is 2. The van der Waals surface area contributed by atoms with E-state index in [9.17, 15) is 9.59 Å². The molecule has 138 valence electrons.